The summed E-state index contributed by atoms with van der Waals surface area (Å²) in [6.07, 6.45) is 0. The van der Waals surface area contributed by atoms with Crippen LogP contribution in [0.4, 0.5) is 0 Å². The Morgan fingerprint density at radius 2 is 1.95 bits per heavy atom. The number of hydrogen-bond donors (Lipinski definition) is 1. The van der Waals surface area contributed by atoms with Crippen LogP contribution in [0.3, 0.4) is 0 Å². The maximum Gasteiger partial charge on any atom is 0.243 e. The van der Waals surface area contributed by atoms with Gasteiger partial charge in [0.05, 0.1) is 17.6 Å². The van der Waals surface area contributed by atoms with Crippen molar-refractivity contribution in [2.75, 3.05) is 20.2 Å². The Balaban J connectivity index is 2.23. The van der Waals surface area contributed by atoms with Crippen LogP contribution in [-0.4, -0.2) is 43.6 Å². The highest BCUT2D eigenvalue weighted by molar-refractivity contribution is 7.89. The number of nitrogens with zero attached hydrogens (tertiary/aromatic N) is 1. The predicted molar refractivity (Wildman–Crippen MR) is 76.3 cm³/mol. The molecule has 0 amide bonds. The van der Waals surface area contributed by atoms with Gasteiger partial charge in [0.2, 0.25) is 10.0 Å². The zero-order chi connectivity index (χ0) is 15.1. The number of aliphatic hydroxyl groups is 1. The van der Waals surface area contributed by atoms with Crippen molar-refractivity contribution in [1.29, 1.82) is 0 Å². The summed E-state index contributed by atoms with van der Waals surface area (Å²) in [4.78, 5) is 0.238. The maximum atomic E-state index is 12.5. The van der Waals surface area contributed by atoms with E-state index in [1.807, 2.05) is 13.8 Å². The number of hydrogen-bond acceptors (Lipinski definition) is 4. The molecule has 112 valence electrons. The van der Waals surface area contributed by atoms with Crippen LogP contribution >= 0.6 is 0 Å². The third kappa shape index (κ3) is 2.43. The summed E-state index contributed by atoms with van der Waals surface area (Å²) in [6.45, 7) is 5.89. The van der Waals surface area contributed by atoms with E-state index in [1.165, 1.54) is 10.4 Å². The molecule has 0 bridgehead atoms. The fourth-order valence-corrected chi connectivity index (χ4v) is 3.91. The van der Waals surface area contributed by atoms with E-state index in [0.717, 1.165) is 5.56 Å². The first kappa shape index (κ1) is 15.3. The number of β-amino-alcohol motifs (C(OH)–C–C–N with tert-alkyl or cyclic N) is 1. The molecule has 0 radical (unpaired) electrons. The second-order valence-corrected chi connectivity index (χ2v) is 7.60. The topological polar surface area (TPSA) is 66.8 Å². The summed E-state index contributed by atoms with van der Waals surface area (Å²) in [5, 5.41) is 10.2. The average Bonchev–Trinajstić information content (AvgIpc) is 2.34. The molecule has 0 atom stereocenters. The molecule has 0 aliphatic carbocycles. The van der Waals surface area contributed by atoms with Crippen LogP contribution in [0.25, 0.3) is 0 Å². The monoisotopic (exact) mass is 299 g/mol. The van der Waals surface area contributed by atoms with Gasteiger partial charge in [0.15, 0.2) is 0 Å². The van der Waals surface area contributed by atoms with E-state index in [0.29, 0.717) is 5.75 Å². The van der Waals surface area contributed by atoms with Gasteiger partial charge in [-0.25, -0.2) is 8.42 Å². The van der Waals surface area contributed by atoms with Crippen LogP contribution in [-0.2, 0) is 10.0 Å². The fraction of sp³-hybridized carbons (Fsp3) is 0.571. The standard InChI is InChI=1S/C14H21NO4S/c1-10(2)14(16)8-15(9-14)20(17,18)12-5-6-13(19-4)11(3)7-12/h5-7,10,16H,8-9H2,1-4H3. The van der Waals surface area contributed by atoms with Gasteiger partial charge in [0.1, 0.15) is 5.75 Å². The molecular weight excluding hydrogens is 278 g/mol. The third-order valence-electron chi connectivity index (χ3n) is 3.98. The van der Waals surface area contributed by atoms with Crippen molar-refractivity contribution in [3.8, 4) is 5.75 Å². The molecule has 0 spiro atoms. The fourth-order valence-electron chi connectivity index (χ4n) is 2.26. The van der Waals surface area contributed by atoms with Crippen molar-refractivity contribution < 1.29 is 18.3 Å². The highest BCUT2D eigenvalue weighted by Gasteiger charge is 2.49. The van der Waals surface area contributed by atoms with Gasteiger partial charge in [-0.1, -0.05) is 13.8 Å². The van der Waals surface area contributed by atoms with Crippen molar-refractivity contribution in [3.05, 3.63) is 23.8 Å². The lowest BCUT2D eigenvalue weighted by Gasteiger charge is -2.47. The van der Waals surface area contributed by atoms with E-state index < -0.39 is 15.6 Å². The van der Waals surface area contributed by atoms with E-state index in [9.17, 15) is 13.5 Å². The van der Waals surface area contributed by atoms with Crippen molar-refractivity contribution in [2.45, 2.75) is 31.3 Å². The summed E-state index contributed by atoms with van der Waals surface area (Å²) >= 11 is 0. The first-order valence-electron chi connectivity index (χ1n) is 6.58. The van der Waals surface area contributed by atoms with Crippen molar-refractivity contribution in [1.82, 2.24) is 4.31 Å². The van der Waals surface area contributed by atoms with Gasteiger partial charge in [0, 0.05) is 13.1 Å². The molecule has 1 aromatic carbocycles. The Morgan fingerprint density at radius 3 is 2.40 bits per heavy atom. The molecule has 1 saturated heterocycles. The zero-order valence-corrected chi connectivity index (χ0v) is 13.1. The Labute approximate surface area is 120 Å². The SMILES string of the molecule is COc1ccc(S(=O)(=O)N2CC(O)(C(C)C)C2)cc1C. The molecule has 5 nitrogen and oxygen atoms in total. The normalized spacial score (nSPS) is 18.9. The molecule has 2 rings (SSSR count). The molecule has 1 aliphatic rings. The van der Waals surface area contributed by atoms with E-state index in [2.05, 4.69) is 0 Å². The third-order valence-corrected chi connectivity index (χ3v) is 5.77. The lowest BCUT2D eigenvalue weighted by Crippen LogP contribution is -2.65. The molecule has 1 aliphatic heterocycles. The Morgan fingerprint density at radius 1 is 1.35 bits per heavy atom. The van der Waals surface area contributed by atoms with Crippen molar-refractivity contribution >= 4 is 10.0 Å². The van der Waals surface area contributed by atoms with Gasteiger partial charge in [-0.05, 0) is 36.6 Å². The summed E-state index contributed by atoms with van der Waals surface area (Å²) in [5.41, 5.74) is -0.137. The minimum atomic E-state index is -3.54. The minimum absolute atomic E-state index is 0.0338. The lowest BCUT2D eigenvalue weighted by atomic mass is 9.85. The Bertz CT molecular complexity index is 604. The van der Waals surface area contributed by atoms with E-state index in [-0.39, 0.29) is 23.9 Å². The molecular formula is C14H21NO4S. The number of sulfonamides is 1. The van der Waals surface area contributed by atoms with Crippen molar-refractivity contribution in [3.63, 3.8) is 0 Å². The zero-order valence-electron chi connectivity index (χ0n) is 12.3. The number of ether oxygens (including phenoxy) is 1. The second-order valence-electron chi connectivity index (χ2n) is 5.66. The van der Waals surface area contributed by atoms with Crippen LogP contribution in [0.1, 0.15) is 19.4 Å². The largest absolute Gasteiger partial charge is 0.496 e. The summed E-state index contributed by atoms with van der Waals surface area (Å²) in [7, 11) is -1.99. The van der Waals surface area contributed by atoms with Crippen LogP contribution in [0, 0.1) is 12.8 Å². The van der Waals surface area contributed by atoms with Gasteiger partial charge >= 0.3 is 0 Å². The van der Waals surface area contributed by atoms with E-state index >= 15 is 0 Å². The van der Waals surface area contributed by atoms with Gasteiger partial charge in [-0.2, -0.15) is 4.31 Å². The predicted octanol–water partition coefficient (Wildman–Crippen LogP) is 1.40. The molecule has 0 unspecified atom stereocenters. The van der Waals surface area contributed by atoms with E-state index in [4.69, 9.17) is 4.74 Å². The van der Waals surface area contributed by atoms with E-state index in [1.54, 1.807) is 26.2 Å². The lowest BCUT2D eigenvalue weighted by molar-refractivity contribution is -0.0932. The smallest absolute Gasteiger partial charge is 0.243 e. The molecule has 0 aromatic heterocycles. The van der Waals surface area contributed by atoms with Crippen LogP contribution in [0.15, 0.2) is 23.1 Å². The average molecular weight is 299 g/mol. The van der Waals surface area contributed by atoms with Gasteiger partial charge in [-0.15, -0.1) is 0 Å². The quantitative estimate of drug-likeness (QED) is 0.912. The molecule has 1 aromatic rings. The molecule has 1 N–H and O–H groups in total. The van der Waals surface area contributed by atoms with Crippen LogP contribution in [0.2, 0.25) is 0 Å². The molecule has 6 heteroatoms. The van der Waals surface area contributed by atoms with Gasteiger partial charge in [0.25, 0.3) is 0 Å². The highest BCUT2D eigenvalue weighted by atomic mass is 32.2. The molecule has 1 fully saturated rings. The van der Waals surface area contributed by atoms with Gasteiger partial charge < -0.3 is 9.84 Å². The first-order valence-corrected chi connectivity index (χ1v) is 8.02. The Hall–Kier alpha value is -1.11. The van der Waals surface area contributed by atoms with Crippen molar-refractivity contribution in [2.24, 2.45) is 5.92 Å². The molecule has 1 heterocycles. The number of aryl methyl sites for hydroxylation is 1. The van der Waals surface area contributed by atoms with Crippen LogP contribution < -0.4 is 4.74 Å². The maximum absolute atomic E-state index is 12.5. The Kier molecular flexibility index (Phi) is 3.83. The second kappa shape index (κ2) is 5.02. The summed E-state index contributed by atoms with van der Waals surface area (Å²) in [6, 6.07) is 4.78. The minimum Gasteiger partial charge on any atom is -0.496 e. The van der Waals surface area contributed by atoms with Gasteiger partial charge in [-0.3, -0.25) is 0 Å². The highest BCUT2D eigenvalue weighted by Crippen LogP contribution is 2.34. The number of rotatable bonds is 4. The molecule has 20 heavy (non-hydrogen) atoms. The van der Waals surface area contributed by atoms with Crippen LogP contribution in [0.5, 0.6) is 5.75 Å². The number of methoxy groups -OCH3 is 1. The summed E-state index contributed by atoms with van der Waals surface area (Å²) < 4.78 is 31.3. The summed E-state index contributed by atoms with van der Waals surface area (Å²) in [5.74, 6) is 0.692. The molecule has 0 saturated carbocycles. The number of benzene rings is 1. The first-order chi connectivity index (χ1) is 9.20.